The Balaban J connectivity index is 2.52. The second kappa shape index (κ2) is 7.22. The predicted octanol–water partition coefficient (Wildman–Crippen LogP) is 1.20. The van der Waals surface area contributed by atoms with E-state index >= 15 is 0 Å². The summed E-state index contributed by atoms with van der Waals surface area (Å²) in [5.41, 5.74) is 5.15. The molecular weight excluding hydrogens is 252 g/mol. The van der Waals surface area contributed by atoms with Crippen LogP contribution in [0.2, 0.25) is 0 Å². The Morgan fingerprint density at radius 2 is 1.84 bits per heavy atom. The van der Waals surface area contributed by atoms with Crippen LogP contribution < -0.4 is 10.5 Å². The van der Waals surface area contributed by atoms with Crippen LogP contribution in [0.5, 0.6) is 5.75 Å². The van der Waals surface area contributed by atoms with Crippen molar-refractivity contribution < 1.29 is 19.2 Å². The first-order valence-electron chi connectivity index (χ1n) is 5.74. The van der Waals surface area contributed by atoms with E-state index in [4.69, 9.17) is 10.5 Å². The molecular formula is C12H14N2O5. The maximum absolute atomic E-state index is 11.4. The molecule has 102 valence electrons. The van der Waals surface area contributed by atoms with E-state index in [0.29, 0.717) is 19.4 Å². The number of carbonyl (C=O) groups excluding carboxylic acids is 2. The third-order valence-electron chi connectivity index (χ3n) is 2.34. The van der Waals surface area contributed by atoms with E-state index in [2.05, 4.69) is 0 Å². The summed E-state index contributed by atoms with van der Waals surface area (Å²) in [6.45, 7) is 0.463. The largest absolute Gasteiger partial charge is 0.421 e. The number of nitrogens with two attached hydrogens (primary N) is 1. The van der Waals surface area contributed by atoms with Crippen molar-refractivity contribution in [3.63, 3.8) is 0 Å². The molecule has 0 aliphatic heterocycles. The van der Waals surface area contributed by atoms with Gasteiger partial charge < -0.3 is 10.5 Å². The van der Waals surface area contributed by atoms with Gasteiger partial charge in [0.1, 0.15) is 5.75 Å². The van der Waals surface area contributed by atoms with E-state index in [1.807, 2.05) is 0 Å². The molecule has 2 N–H and O–H groups in total. The van der Waals surface area contributed by atoms with E-state index in [1.54, 1.807) is 0 Å². The smallest absolute Gasteiger partial charge is 0.379 e. The fourth-order valence-electron chi connectivity index (χ4n) is 1.33. The van der Waals surface area contributed by atoms with E-state index in [-0.39, 0.29) is 17.9 Å². The minimum Gasteiger partial charge on any atom is -0.421 e. The fraction of sp³-hybridized carbons (Fsp3) is 0.333. The molecule has 0 aliphatic rings. The molecule has 0 heterocycles. The number of unbranched alkanes of at least 4 members (excludes halogenated alkanes) is 1. The lowest BCUT2D eigenvalue weighted by Crippen LogP contribution is -2.20. The quantitative estimate of drug-likeness (QED) is 0.198. The van der Waals surface area contributed by atoms with Gasteiger partial charge in [0.2, 0.25) is 5.78 Å². The Morgan fingerprint density at radius 3 is 2.37 bits per heavy atom. The number of non-ortho nitro benzene ring substituents is 1. The van der Waals surface area contributed by atoms with Crippen LogP contribution in [-0.4, -0.2) is 23.2 Å². The summed E-state index contributed by atoms with van der Waals surface area (Å²) in [5.74, 6) is -1.50. The van der Waals surface area contributed by atoms with Crippen molar-refractivity contribution in [1.29, 1.82) is 0 Å². The summed E-state index contributed by atoms with van der Waals surface area (Å²) in [4.78, 5) is 32.6. The highest BCUT2D eigenvalue weighted by molar-refractivity contribution is 6.34. The normalized spacial score (nSPS) is 9.95. The number of hydrogen-bond acceptors (Lipinski definition) is 6. The molecule has 0 bridgehead atoms. The van der Waals surface area contributed by atoms with Crippen molar-refractivity contribution in [2.45, 2.75) is 19.3 Å². The van der Waals surface area contributed by atoms with Gasteiger partial charge in [-0.2, -0.15) is 0 Å². The van der Waals surface area contributed by atoms with Gasteiger partial charge >= 0.3 is 5.97 Å². The molecule has 0 spiro atoms. The van der Waals surface area contributed by atoms with Crippen LogP contribution in [0.3, 0.4) is 0 Å². The molecule has 1 rings (SSSR count). The topological polar surface area (TPSA) is 113 Å². The molecule has 1 aromatic rings. The summed E-state index contributed by atoms with van der Waals surface area (Å²) < 4.78 is 4.80. The summed E-state index contributed by atoms with van der Waals surface area (Å²) in [7, 11) is 0. The Labute approximate surface area is 109 Å². The average Bonchev–Trinajstić information content (AvgIpc) is 2.39. The molecule has 0 saturated heterocycles. The fourth-order valence-corrected chi connectivity index (χ4v) is 1.33. The highest BCUT2D eigenvalue weighted by Gasteiger charge is 2.16. The van der Waals surface area contributed by atoms with Crippen LogP contribution in [0.25, 0.3) is 0 Å². The number of Topliss-reactive ketones (excluding diaryl/α,β-unsaturated/α-hetero) is 1. The number of carbonyl (C=O) groups is 2. The number of benzene rings is 1. The Hall–Kier alpha value is -2.28. The van der Waals surface area contributed by atoms with Crippen molar-refractivity contribution >= 4 is 17.4 Å². The number of nitrogens with zero attached hydrogens (tertiary/aromatic N) is 1. The molecule has 7 heteroatoms. The van der Waals surface area contributed by atoms with Crippen molar-refractivity contribution in [3.05, 3.63) is 34.4 Å². The molecule has 0 atom stereocenters. The first-order chi connectivity index (χ1) is 9.04. The second-order valence-corrected chi connectivity index (χ2v) is 3.81. The molecule has 0 saturated carbocycles. The van der Waals surface area contributed by atoms with Gasteiger partial charge in [0.25, 0.3) is 5.69 Å². The van der Waals surface area contributed by atoms with Crippen molar-refractivity contribution in [2.24, 2.45) is 5.73 Å². The second-order valence-electron chi connectivity index (χ2n) is 3.81. The summed E-state index contributed by atoms with van der Waals surface area (Å²) >= 11 is 0. The monoisotopic (exact) mass is 266 g/mol. The molecule has 0 aromatic heterocycles. The summed E-state index contributed by atoms with van der Waals surface area (Å²) in [6, 6.07) is 4.93. The van der Waals surface area contributed by atoms with Gasteiger partial charge in [-0.25, -0.2) is 4.79 Å². The molecule has 0 aliphatic carbocycles. The van der Waals surface area contributed by atoms with Crippen LogP contribution in [0, 0.1) is 10.1 Å². The van der Waals surface area contributed by atoms with Crippen molar-refractivity contribution in [1.82, 2.24) is 0 Å². The Kier molecular flexibility index (Phi) is 5.62. The number of nitro benzene ring substituents is 1. The van der Waals surface area contributed by atoms with Crippen LogP contribution >= 0.6 is 0 Å². The molecule has 7 nitrogen and oxygen atoms in total. The lowest BCUT2D eigenvalue weighted by molar-refractivity contribution is -0.384. The lowest BCUT2D eigenvalue weighted by Gasteiger charge is -2.03. The molecule has 19 heavy (non-hydrogen) atoms. The van der Waals surface area contributed by atoms with E-state index in [9.17, 15) is 19.7 Å². The molecule has 1 aromatic carbocycles. The maximum atomic E-state index is 11.4. The Bertz CT molecular complexity index is 470. The van der Waals surface area contributed by atoms with Gasteiger partial charge in [0, 0.05) is 18.6 Å². The number of hydrogen-bond donors (Lipinski definition) is 1. The zero-order chi connectivity index (χ0) is 14.3. The molecule has 0 unspecified atom stereocenters. The van der Waals surface area contributed by atoms with Crippen molar-refractivity contribution in [2.75, 3.05) is 6.54 Å². The van der Waals surface area contributed by atoms with Gasteiger partial charge in [0.05, 0.1) is 4.92 Å². The van der Waals surface area contributed by atoms with Gasteiger partial charge in [-0.05, 0) is 31.5 Å². The predicted molar refractivity (Wildman–Crippen MR) is 66.6 cm³/mol. The zero-order valence-electron chi connectivity index (χ0n) is 10.2. The molecule has 0 fully saturated rings. The summed E-state index contributed by atoms with van der Waals surface area (Å²) in [5, 5.41) is 10.4. The highest BCUT2D eigenvalue weighted by Crippen LogP contribution is 2.17. The third-order valence-corrected chi connectivity index (χ3v) is 2.34. The number of ether oxygens (including phenoxy) is 1. The standard InChI is InChI=1S/C12H14N2O5/c13-8-2-1-3-11(15)12(16)19-10-6-4-9(5-7-10)14(17)18/h4-7H,1-3,8,13H2. The van der Waals surface area contributed by atoms with E-state index < -0.39 is 16.7 Å². The number of ketones is 1. The molecule has 0 amide bonds. The third kappa shape index (κ3) is 4.84. The average molecular weight is 266 g/mol. The summed E-state index contributed by atoms with van der Waals surface area (Å²) in [6.07, 6.45) is 1.28. The Morgan fingerprint density at radius 1 is 1.21 bits per heavy atom. The van der Waals surface area contributed by atoms with Crippen LogP contribution in [-0.2, 0) is 9.59 Å². The number of nitro groups is 1. The molecule has 0 radical (unpaired) electrons. The minimum atomic E-state index is -0.967. The number of esters is 1. The van der Waals surface area contributed by atoms with Gasteiger partial charge in [0.15, 0.2) is 0 Å². The van der Waals surface area contributed by atoms with Crippen LogP contribution in [0.4, 0.5) is 5.69 Å². The van der Waals surface area contributed by atoms with E-state index in [1.165, 1.54) is 24.3 Å². The van der Waals surface area contributed by atoms with Gasteiger partial charge in [-0.3, -0.25) is 14.9 Å². The maximum Gasteiger partial charge on any atom is 0.379 e. The minimum absolute atomic E-state index is 0.0863. The number of rotatable bonds is 7. The van der Waals surface area contributed by atoms with Crippen LogP contribution in [0.15, 0.2) is 24.3 Å². The SMILES string of the molecule is NCCCCC(=O)C(=O)Oc1ccc([N+](=O)[O-])cc1. The van der Waals surface area contributed by atoms with Crippen LogP contribution in [0.1, 0.15) is 19.3 Å². The first kappa shape index (κ1) is 14.8. The van der Waals surface area contributed by atoms with Gasteiger partial charge in [-0.1, -0.05) is 0 Å². The zero-order valence-corrected chi connectivity index (χ0v) is 10.2. The lowest BCUT2D eigenvalue weighted by atomic mass is 10.2. The first-order valence-corrected chi connectivity index (χ1v) is 5.74. The highest BCUT2D eigenvalue weighted by atomic mass is 16.6. The van der Waals surface area contributed by atoms with Crippen molar-refractivity contribution in [3.8, 4) is 5.75 Å². The van der Waals surface area contributed by atoms with E-state index in [0.717, 1.165) is 0 Å². The van der Waals surface area contributed by atoms with Gasteiger partial charge in [-0.15, -0.1) is 0 Å².